The molecule has 0 saturated carbocycles. The van der Waals surface area contributed by atoms with Crippen molar-refractivity contribution >= 4 is 39.9 Å². The maximum Gasteiger partial charge on any atom is 0.445 e. The lowest BCUT2D eigenvalue weighted by atomic mass is 10.2. The maximum atomic E-state index is 12.4. The lowest BCUT2D eigenvalue weighted by Crippen LogP contribution is -2.24. The number of hydrogen-bond donors (Lipinski definition) is 2. The lowest BCUT2D eigenvalue weighted by molar-refractivity contribution is -0.138. The van der Waals surface area contributed by atoms with E-state index in [9.17, 15) is 22.8 Å². The molecule has 0 fully saturated rings. The van der Waals surface area contributed by atoms with Crippen molar-refractivity contribution in [1.29, 1.82) is 0 Å². The van der Waals surface area contributed by atoms with Crippen molar-refractivity contribution in [3.05, 3.63) is 39.9 Å². The Morgan fingerprint density at radius 2 is 1.80 bits per heavy atom. The molecule has 11 heteroatoms. The zero-order chi connectivity index (χ0) is 18.4. The van der Waals surface area contributed by atoms with Gasteiger partial charge in [0, 0.05) is 24.4 Å². The minimum Gasteiger partial charge on any atom is -0.352 e. The van der Waals surface area contributed by atoms with Gasteiger partial charge in [0.1, 0.15) is 0 Å². The number of aromatic nitrogens is 2. The third kappa shape index (κ3) is 5.98. The van der Waals surface area contributed by atoms with Gasteiger partial charge in [-0.15, -0.1) is 10.2 Å². The van der Waals surface area contributed by atoms with E-state index in [0.717, 1.165) is 5.56 Å². The number of alkyl halides is 3. The summed E-state index contributed by atoms with van der Waals surface area (Å²) in [6.07, 6.45) is -4.93. The van der Waals surface area contributed by atoms with Crippen LogP contribution in [0.25, 0.3) is 0 Å². The van der Waals surface area contributed by atoms with Gasteiger partial charge in [0.15, 0.2) is 0 Å². The third-order valence-electron chi connectivity index (χ3n) is 2.93. The number of halogens is 4. The van der Waals surface area contributed by atoms with Crippen molar-refractivity contribution in [2.24, 2.45) is 0 Å². The van der Waals surface area contributed by atoms with Crippen molar-refractivity contribution < 1.29 is 22.8 Å². The minimum atomic E-state index is -4.61. The van der Waals surface area contributed by atoms with E-state index in [0.29, 0.717) is 5.02 Å². The van der Waals surface area contributed by atoms with Gasteiger partial charge in [-0.3, -0.25) is 9.59 Å². The van der Waals surface area contributed by atoms with Crippen LogP contribution in [0.2, 0.25) is 5.02 Å². The van der Waals surface area contributed by atoms with Crippen molar-refractivity contribution in [3.63, 3.8) is 0 Å². The molecule has 0 unspecified atom stereocenters. The first-order valence-electron chi connectivity index (χ1n) is 6.96. The van der Waals surface area contributed by atoms with Gasteiger partial charge in [0.2, 0.25) is 22.0 Å². The second kappa shape index (κ2) is 8.26. The van der Waals surface area contributed by atoms with Crippen LogP contribution in [0.1, 0.15) is 23.4 Å². The molecule has 0 spiro atoms. The quantitative estimate of drug-likeness (QED) is 0.790. The van der Waals surface area contributed by atoms with Gasteiger partial charge < -0.3 is 10.6 Å². The molecule has 0 radical (unpaired) electrons. The summed E-state index contributed by atoms with van der Waals surface area (Å²) in [6.45, 7) is 0.214. The molecular weight excluding hydrogens is 381 g/mol. The van der Waals surface area contributed by atoms with Crippen LogP contribution in [0.3, 0.4) is 0 Å². The second-order valence-corrected chi connectivity index (χ2v) is 6.21. The average Bonchev–Trinajstić information content (AvgIpc) is 3.01. The number of nitrogens with one attached hydrogen (secondary N) is 2. The fourth-order valence-electron chi connectivity index (χ4n) is 1.72. The Labute approximate surface area is 149 Å². The minimum absolute atomic E-state index is 0.124. The summed E-state index contributed by atoms with van der Waals surface area (Å²) in [5.74, 6) is -1.01. The molecule has 134 valence electrons. The van der Waals surface area contributed by atoms with E-state index in [1.807, 2.05) is 0 Å². The number of rotatable bonds is 6. The lowest BCUT2D eigenvalue weighted by Gasteiger charge is -2.06. The Hall–Kier alpha value is -2.20. The molecule has 25 heavy (non-hydrogen) atoms. The van der Waals surface area contributed by atoms with Crippen LogP contribution in [0.5, 0.6) is 0 Å². The SMILES string of the molecule is O=C(CCC(=O)Nc1nnc(C(F)(F)F)s1)NCc1ccccc1Cl. The molecule has 1 aromatic carbocycles. The molecule has 2 rings (SSSR count). The van der Waals surface area contributed by atoms with Gasteiger partial charge >= 0.3 is 6.18 Å². The summed E-state index contributed by atoms with van der Waals surface area (Å²) >= 11 is 6.17. The molecule has 0 bridgehead atoms. The predicted octanol–water partition coefficient (Wildman–Crippen LogP) is 3.25. The van der Waals surface area contributed by atoms with Gasteiger partial charge in [-0.1, -0.05) is 41.1 Å². The van der Waals surface area contributed by atoms with E-state index in [2.05, 4.69) is 20.8 Å². The number of nitrogens with zero attached hydrogens (tertiary/aromatic N) is 2. The first kappa shape index (κ1) is 19.1. The molecule has 0 aliphatic carbocycles. The summed E-state index contributed by atoms with van der Waals surface area (Å²) in [5.41, 5.74) is 0.732. The van der Waals surface area contributed by atoms with Crippen LogP contribution in [-0.4, -0.2) is 22.0 Å². The monoisotopic (exact) mass is 392 g/mol. The van der Waals surface area contributed by atoms with E-state index in [4.69, 9.17) is 11.6 Å². The Morgan fingerprint density at radius 3 is 2.44 bits per heavy atom. The fourth-order valence-corrected chi connectivity index (χ4v) is 2.55. The van der Waals surface area contributed by atoms with Crippen molar-refractivity contribution in [2.45, 2.75) is 25.6 Å². The third-order valence-corrected chi connectivity index (χ3v) is 4.18. The zero-order valence-electron chi connectivity index (χ0n) is 12.6. The van der Waals surface area contributed by atoms with Crippen molar-refractivity contribution in [2.75, 3.05) is 5.32 Å². The molecule has 0 aliphatic rings. The molecule has 0 aliphatic heterocycles. The highest BCUT2D eigenvalue weighted by atomic mass is 35.5. The Bertz CT molecular complexity index is 767. The smallest absolute Gasteiger partial charge is 0.352 e. The molecule has 0 atom stereocenters. The summed E-state index contributed by atoms with van der Waals surface area (Å²) in [4.78, 5) is 23.4. The number of anilines is 1. The van der Waals surface area contributed by atoms with Crippen LogP contribution in [-0.2, 0) is 22.3 Å². The van der Waals surface area contributed by atoms with Gasteiger partial charge in [0.05, 0.1) is 0 Å². The van der Waals surface area contributed by atoms with Gasteiger partial charge in [-0.05, 0) is 11.6 Å². The first-order valence-corrected chi connectivity index (χ1v) is 8.16. The molecule has 1 heterocycles. The van der Waals surface area contributed by atoms with E-state index in [1.165, 1.54) is 0 Å². The summed E-state index contributed by atoms with van der Waals surface area (Å²) in [5, 5.41) is 10.1. The zero-order valence-corrected chi connectivity index (χ0v) is 14.1. The van der Waals surface area contributed by atoms with Gasteiger partial charge in [-0.2, -0.15) is 13.2 Å². The number of hydrogen-bond acceptors (Lipinski definition) is 5. The molecule has 1 aromatic heterocycles. The van der Waals surface area contributed by atoms with Crippen LogP contribution >= 0.6 is 22.9 Å². The topological polar surface area (TPSA) is 84.0 Å². The number of carbonyl (C=O) groups excluding carboxylic acids is 2. The van der Waals surface area contributed by atoms with Crippen LogP contribution < -0.4 is 10.6 Å². The normalized spacial score (nSPS) is 11.2. The van der Waals surface area contributed by atoms with Crippen LogP contribution in [0, 0.1) is 0 Å². The van der Waals surface area contributed by atoms with Crippen molar-refractivity contribution in [3.8, 4) is 0 Å². The van der Waals surface area contributed by atoms with Crippen molar-refractivity contribution in [1.82, 2.24) is 15.5 Å². The summed E-state index contributed by atoms with van der Waals surface area (Å²) in [7, 11) is 0. The average molecular weight is 393 g/mol. The summed E-state index contributed by atoms with van der Waals surface area (Å²) < 4.78 is 37.1. The molecule has 6 nitrogen and oxygen atoms in total. The fraction of sp³-hybridized carbons (Fsp3) is 0.286. The van der Waals surface area contributed by atoms with E-state index < -0.39 is 17.1 Å². The van der Waals surface area contributed by atoms with Gasteiger partial charge in [-0.25, -0.2) is 0 Å². The summed E-state index contributed by atoms with van der Waals surface area (Å²) in [6, 6.07) is 6.98. The predicted molar refractivity (Wildman–Crippen MR) is 86.1 cm³/mol. The Balaban J connectivity index is 1.75. The number of amides is 2. The standard InChI is InChI=1S/C14H12ClF3N4O2S/c15-9-4-2-1-3-8(9)7-19-10(23)5-6-11(24)20-13-22-21-12(25-13)14(16,17)18/h1-4H,5-7H2,(H,19,23)(H,20,22,24). The van der Waals surface area contributed by atoms with E-state index in [-0.39, 0.29) is 41.8 Å². The largest absolute Gasteiger partial charge is 0.445 e. The second-order valence-electron chi connectivity index (χ2n) is 4.83. The van der Waals surface area contributed by atoms with E-state index in [1.54, 1.807) is 24.3 Å². The highest BCUT2D eigenvalue weighted by Crippen LogP contribution is 2.32. The molecule has 0 saturated heterocycles. The Kier molecular flexibility index (Phi) is 6.32. The maximum absolute atomic E-state index is 12.4. The number of benzene rings is 1. The number of carbonyl (C=O) groups is 2. The molecule has 2 amide bonds. The van der Waals surface area contributed by atoms with Crippen LogP contribution in [0.4, 0.5) is 18.3 Å². The van der Waals surface area contributed by atoms with E-state index >= 15 is 0 Å². The molecule has 2 aromatic rings. The molecule has 2 N–H and O–H groups in total. The Morgan fingerprint density at radius 1 is 1.12 bits per heavy atom. The van der Waals surface area contributed by atoms with Gasteiger partial charge in [0.25, 0.3) is 0 Å². The van der Waals surface area contributed by atoms with Crippen LogP contribution in [0.15, 0.2) is 24.3 Å². The highest BCUT2D eigenvalue weighted by Gasteiger charge is 2.35. The first-order chi connectivity index (χ1) is 11.8. The molecular formula is C14H12ClF3N4O2S. The highest BCUT2D eigenvalue weighted by molar-refractivity contribution is 7.15.